The van der Waals surface area contributed by atoms with Crippen LogP contribution < -0.4 is 10.6 Å². The van der Waals surface area contributed by atoms with Gasteiger partial charge in [-0.15, -0.1) is 0 Å². The summed E-state index contributed by atoms with van der Waals surface area (Å²) in [6.07, 6.45) is 5.82. The Morgan fingerprint density at radius 1 is 1.14 bits per heavy atom. The number of aryl methyl sites for hydroxylation is 1. The van der Waals surface area contributed by atoms with Crippen LogP contribution in [0, 0.1) is 12.8 Å². The molecule has 0 atom stereocenters. The maximum Gasteiger partial charge on any atom is 0.226 e. The average Bonchev–Trinajstić information content (AvgIpc) is 2.50. The summed E-state index contributed by atoms with van der Waals surface area (Å²) in [6.45, 7) is 2.37. The van der Waals surface area contributed by atoms with E-state index in [1.807, 2.05) is 31.2 Å². The van der Waals surface area contributed by atoms with Gasteiger partial charge in [0, 0.05) is 24.6 Å². The Labute approximate surface area is 126 Å². The molecule has 0 aliphatic heterocycles. The molecule has 2 N–H and O–H groups in total. The van der Waals surface area contributed by atoms with E-state index in [-0.39, 0.29) is 17.7 Å². The van der Waals surface area contributed by atoms with Crippen molar-refractivity contribution < 1.29 is 9.59 Å². The standard InChI is InChI=1S/C17H24N2O2/c1-13-7-5-6-10-15(13)19-16(20)11-12-18-17(21)14-8-3-2-4-9-14/h5-7,10,14H,2-4,8-9,11-12H2,1H3,(H,18,21)(H,19,20). The molecule has 0 saturated heterocycles. The molecule has 1 aliphatic carbocycles. The molecule has 0 radical (unpaired) electrons. The smallest absolute Gasteiger partial charge is 0.226 e. The second kappa shape index (κ2) is 7.81. The van der Waals surface area contributed by atoms with E-state index < -0.39 is 0 Å². The number of anilines is 1. The van der Waals surface area contributed by atoms with Crippen molar-refractivity contribution in [3.8, 4) is 0 Å². The summed E-state index contributed by atoms with van der Waals surface area (Å²) in [5.41, 5.74) is 1.87. The quantitative estimate of drug-likeness (QED) is 0.875. The average molecular weight is 288 g/mol. The van der Waals surface area contributed by atoms with Gasteiger partial charge in [-0.1, -0.05) is 37.5 Å². The molecule has 0 spiro atoms. The molecule has 0 unspecified atom stereocenters. The Kier molecular flexibility index (Phi) is 5.78. The van der Waals surface area contributed by atoms with E-state index in [1.165, 1.54) is 6.42 Å². The first-order valence-electron chi connectivity index (χ1n) is 7.80. The second-order valence-corrected chi connectivity index (χ2v) is 5.74. The Hall–Kier alpha value is -1.84. The molecular formula is C17H24N2O2. The van der Waals surface area contributed by atoms with Crippen LogP contribution in [0.1, 0.15) is 44.1 Å². The highest BCUT2D eigenvalue weighted by Crippen LogP contribution is 2.23. The molecular weight excluding hydrogens is 264 g/mol. The number of amides is 2. The van der Waals surface area contributed by atoms with Crippen LogP contribution in [0.2, 0.25) is 0 Å². The highest BCUT2D eigenvalue weighted by Gasteiger charge is 2.20. The maximum absolute atomic E-state index is 11.9. The molecule has 4 nitrogen and oxygen atoms in total. The number of para-hydroxylation sites is 1. The molecule has 4 heteroatoms. The minimum atomic E-state index is -0.0618. The lowest BCUT2D eigenvalue weighted by Crippen LogP contribution is -2.34. The fraction of sp³-hybridized carbons (Fsp3) is 0.529. The Bertz CT molecular complexity index is 493. The van der Waals surface area contributed by atoms with Crippen LogP contribution in [0.15, 0.2) is 24.3 Å². The van der Waals surface area contributed by atoms with E-state index in [0.29, 0.717) is 13.0 Å². The monoisotopic (exact) mass is 288 g/mol. The third-order valence-electron chi connectivity index (χ3n) is 4.05. The van der Waals surface area contributed by atoms with Gasteiger partial charge in [0.15, 0.2) is 0 Å². The lowest BCUT2D eigenvalue weighted by Gasteiger charge is -2.20. The third kappa shape index (κ3) is 4.88. The summed E-state index contributed by atoms with van der Waals surface area (Å²) < 4.78 is 0. The van der Waals surface area contributed by atoms with Crippen LogP contribution in [0.4, 0.5) is 5.69 Å². The molecule has 2 rings (SSSR count). The predicted octanol–water partition coefficient (Wildman–Crippen LogP) is 3.02. The van der Waals surface area contributed by atoms with Gasteiger partial charge in [0.2, 0.25) is 11.8 Å². The second-order valence-electron chi connectivity index (χ2n) is 5.74. The number of hydrogen-bond donors (Lipinski definition) is 2. The zero-order chi connectivity index (χ0) is 15.1. The largest absolute Gasteiger partial charge is 0.355 e. The Morgan fingerprint density at radius 3 is 2.57 bits per heavy atom. The molecule has 114 valence electrons. The lowest BCUT2D eigenvalue weighted by molar-refractivity contribution is -0.126. The first-order chi connectivity index (χ1) is 10.2. The van der Waals surface area contributed by atoms with Crippen molar-refractivity contribution in [3.05, 3.63) is 29.8 Å². The van der Waals surface area contributed by atoms with Crippen molar-refractivity contribution in [2.24, 2.45) is 5.92 Å². The van der Waals surface area contributed by atoms with Gasteiger partial charge in [0.1, 0.15) is 0 Å². The first-order valence-corrected chi connectivity index (χ1v) is 7.80. The van der Waals surface area contributed by atoms with Gasteiger partial charge >= 0.3 is 0 Å². The maximum atomic E-state index is 11.9. The van der Waals surface area contributed by atoms with Gasteiger partial charge in [-0.25, -0.2) is 0 Å². The van der Waals surface area contributed by atoms with Crippen molar-refractivity contribution in [3.63, 3.8) is 0 Å². The van der Waals surface area contributed by atoms with Gasteiger partial charge in [0.05, 0.1) is 0 Å². The summed E-state index contributed by atoms with van der Waals surface area (Å²) >= 11 is 0. The van der Waals surface area contributed by atoms with Crippen LogP contribution in [0.25, 0.3) is 0 Å². The van der Waals surface area contributed by atoms with E-state index in [4.69, 9.17) is 0 Å². The van der Waals surface area contributed by atoms with Crippen LogP contribution in [0.5, 0.6) is 0 Å². The van der Waals surface area contributed by atoms with Crippen molar-refractivity contribution in [2.45, 2.75) is 45.4 Å². The number of carbonyl (C=O) groups excluding carboxylic acids is 2. The van der Waals surface area contributed by atoms with Gasteiger partial charge < -0.3 is 10.6 Å². The van der Waals surface area contributed by atoms with Crippen LogP contribution >= 0.6 is 0 Å². The Balaban J connectivity index is 1.69. The number of hydrogen-bond acceptors (Lipinski definition) is 2. The zero-order valence-corrected chi connectivity index (χ0v) is 12.7. The molecule has 0 heterocycles. The first kappa shape index (κ1) is 15.5. The van der Waals surface area contributed by atoms with E-state index in [1.54, 1.807) is 0 Å². The predicted molar refractivity (Wildman–Crippen MR) is 84.0 cm³/mol. The third-order valence-corrected chi connectivity index (χ3v) is 4.05. The molecule has 1 aromatic rings. The normalized spacial score (nSPS) is 15.5. The SMILES string of the molecule is Cc1ccccc1NC(=O)CCNC(=O)C1CCCCC1. The molecule has 1 aliphatic rings. The van der Waals surface area contributed by atoms with Crippen LogP contribution in [0.3, 0.4) is 0 Å². The molecule has 1 aromatic carbocycles. The zero-order valence-electron chi connectivity index (χ0n) is 12.7. The summed E-state index contributed by atoms with van der Waals surface area (Å²) in [5, 5.41) is 5.76. The summed E-state index contributed by atoms with van der Waals surface area (Å²) in [5.74, 6) is 0.199. The minimum Gasteiger partial charge on any atom is -0.355 e. The van der Waals surface area contributed by atoms with E-state index in [9.17, 15) is 9.59 Å². The van der Waals surface area contributed by atoms with Crippen LogP contribution in [-0.2, 0) is 9.59 Å². The van der Waals surface area contributed by atoms with Crippen LogP contribution in [-0.4, -0.2) is 18.4 Å². The Morgan fingerprint density at radius 2 is 1.86 bits per heavy atom. The number of nitrogens with one attached hydrogen (secondary N) is 2. The minimum absolute atomic E-state index is 0.0618. The van der Waals surface area contributed by atoms with E-state index in [0.717, 1.165) is 36.9 Å². The molecule has 0 bridgehead atoms. The molecule has 21 heavy (non-hydrogen) atoms. The topological polar surface area (TPSA) is 58.2 Å². The fourth-order valence-electron chi connectivity index (χ4n) is 2.73. The van der Waals surface area contributed by atoms with Gasteiger partial charge in [-0.3, -0.25) is 9.59 Å². The van der Waals surface area contributed by atoms with Gasteiger partial charge in [-0.05, 0) is 31.4 Å². The van der Waals surface area contributed by atoms with Gasteiger partial charge in [-0.2, -0.15) is 0 Å². The lowest BCUT2D eigenvalue weighted by atomic mass is 9.89. The number of carbonyl (C=O) groups is 2. The summed E-state index contributed by atoms with van der Waals surface area (Å²) in [6, 6.07) is 7.68. The molecule has 0 aromatic heterocycles. The number of rotatable bonds is 5. The molecule has 2 amide bonds. The summed E-state index contributed by atoms with van der Waals surface area (Å²) in [7, 11) is 0. The number of benzene rings is 1. The highest BCUT2D eigenvalue weighted by atomic mass is 16.2. The highest BCUT2D eigenvalue weighted by molar-refractivity contribution is 5.91. The van der Waals surface area contributed by atoms with Crippen molar-refractivity contribution >= 4 is 17.5 Å². The van der Waals surface area contributed by atoms with Crippen molar-refractivity contribution in [2.75, 3.05) is 11.9 Å². The van der Waals surface area contributed by atoms with Crippen molar-refractivity contribution in [1.82, 2.24) is 5.32 Å². The molecule has 1 fully saturated rings. The van der Waals surface area contributed by atoms with Gasteiger partial charge in [0.25, 0.3) is 0 Å². The molecule has 1 saturated carbocycles. The van der Waals surface area contributed by atoms with Crippen molar-refractivity contribution in [1.29, 1.82) is 0 Å². The van der Waals surface area contributed by atoms with E-state index >= 15 is 0 Å². The fourth-order valence-corrected chi connectivity index (χ4v) is 2.73. The summed E-state index contributed by atoms with van der Waals surface area (Å²) in [4.78, 5) is 23.8. The van der Waals surface area contributed by atoms with E-state index in [2.05, 4.69) is 10.6 Å².